The summed E-state index contributed by atoms with van der Waals surface area (Å²) < 4.78 is 12.9. The quantitative estimate of drug-likeness (QED) is 0.789. The van der Waals surface area contributed by atoms with E-state index in [9.17, 15) is 9.18 Å². The Balaban J connectivity index is 2.83. The summed E-state index contributed by atoms with van der Waals surface area (Å²) in [7, 11) is 0. The predicted octanol–water partition coefficient (Wildman–Crippen LogP) is 1.37. The highest BCUT2D eigenvalue weighted by Gasteiger charge is 2.15. The van der Waals surface area contributed by atoms with Crippen molar-refractivity contribution in [3.8, 4) is 0 Å². The molecule has 1 amide bonds. The molecule has 0 fully saturated rings. The highest BCUT2D eigenvalue weighted by atomic mass is 35.5. The molecule has 0 unspecified atom stereocenters. The second kappa shape index (κ2) is 5.77. The van der Waals surface area contributed by atoms with Crippen molar-refractivity contribution in [3.63, 3.8) is 0 Å². The number of carbonyl (C=O) groups is 1. The lowest BCUT2D eigenvalue weighted by Gasteiger charge is -2.14. The van der Waals surface area contributed by atoms with Gasteiger partial charge in [-0.15, -0.1) is 0 Å². The zero-order valence-electron chi connectivity index (χ0n) is 8.70. The van der Waals surface area contributed by atoms with Gasteiger partial charge in [0.2, 0.25) is 0 Å². The molecule has 0 radical (unpaired) electrons. The van der Waals surface area contributed by atoms with Gasteiger partial charge < -0.3 is 10.4 Å². The first-order chi connectivity index (χ1) is 7.58. The summed E-state index contributed by atoms with van der Waals surface area (Å²) in [6.45, 7) is 1.63. The average molecular weight is 247 g/mol. The van der Waals surface area contributed by atoms with E-state index in [2.05, 4.69) is 10.3 Å². The van der Waals surface area contributed by atoms with Gasteiger partial charge in [0.25, 0.3) is 5.91 Å². The molecule has 0 spiro atoms. The standard InChI is InChI=1S/C10H12ClFN2O2/c1-2-7(5-15)14-10(16)8-3-6(12)4-13-9(8)11/h3-4,7,15H,2,5H2,1H3,(H,14,16)/t7-/m0/s1. The molecule has 0 aliphatic heterocycles. The van der Waals surface area contributed by atoms with Crippen molar-refractivity contribution >= 4 is 17.5 Å². The first-order valence-corrected chi connectivity index (χ1v) is 5.19. The zero-order chi connectivity index (χ0) is 12.1. The van der Waals surface area contributed by atoms with Gasteiger partial charge in [0, 0.05) is 0 Å². The molecule has 6 heteroatoms. The fourth-order valence-electron chi connectivity index (χ4n) is 1.12. The topological polar surface area (TPSA) is 62.2 Å². The molecule has 1 aromatic heterocycles. The number of nitrogens with zero attached hydrogens (tertiary/aromatic N) is 1. The summed E-state index contributed by atoms with van der Waals surface area (Å²) in [5, 5.41) is 11.4. The Morgan fingerprint density at radius 3 is 3.00 bits per heavy atom. The van der Waals surface area contributed by atoms with Gasteiger partial charge in [0.1, 0.15) is 11.0 Å². The fourth-order valence-corrected chi connectivity index (χ4v) is 1.31. The molecular formula is C10H12ClFN2O2. The van der Waals surface area contributed by atoms with Gasteiger partial charge in [-0.1, -0.05) is 18.5 Å². The Hall–Kier alpha value is -1.20. The first-order valence-electron chi connectivity index (χ1n) is 4.81. The van der Waals surface area contributed by atoms with Gasteiger partial charge in [-0.05, 0) is 12.5 Å². The molecule has 1 heterocycles. The van der Waals surface area contributed by atoms with Crippen LogP contribution in [0.5, 0.6) is 0 Å². The van der Waals surface area contributed by atoms with E-state index in [1.54, 1.807) is 0 Å². The highest BCUT2D eigenvalue weighted by molar-refractivity contribution is 6.32. The first kappa shape index (κ1) is 12.9. The van der Waals surface area contributed by atoms with Crippen molar-refractivity contribution in [2.45, 2.75) is 19.4 Å². The summed E-state index contributed by atoms with van der Waals surface area (Å²) in [5.74, 6) is -1.18. The molecule has 0 bridgehead atoms. The lowest BCUT2D eigenvalue weighted by molar-refractivity contribution is 0.0914. The van der Waals surface area contributed by atoms with Crippen LogP contribution in [0.4, 0.5) is 4.39 Å². The fraction of sp³-hybridized carbons (Fsp3) is 0.400. The molecule has 0 aliphatic rings. The summed E-state index contributed by atoms with van der Waals surface area (Å²) in [6, 6.07) is 0.640. The van der Waals surface area contributed by atoms with Crippen molar-refractivity contribution in [1.29, 1.82) is 0 Å². The average Bonchev–Trinajstić information content (AvgIpc) is 2.28. The van der Waals surface area contributed by atoms with E-state index in [0.29, 0.717) is 6.42 Å². The molecule has 1 aromatic rings. The maximum atomic E-state index is 12.9. The number of halogens is 2. The van der Waals surface area contributed by atoms with Crippen LogP contribution in [0.1, 0.15) is 23.7 Å². The minimum atomic E-state index is -0.633. The molecule has 1 rings (SSSR count). The van der Waals surface area contributed by atoms with E-state index in [0.717, 1.165) is 12.3 Å². The monoisotopic (exact) mass is 246 g/mol. The number of amides is 1. The van der Waals surface area contributed by atoms with Crippen LogP contribution in [0, 0.1) is 5.82 Å². The van der Waals surface area contributed by atoms with Crippen LogP contribution in [0.15, 0.2) is 12.3 Å². The Labute approximate surface area is 97.5 Å². The molecule has 2 N–H and O–H groups in total. The van der Waals surface area contributed by atoms with Crippen LogP contribution in [-0.4, -0.2) is 28.6 Å². The Bertz CT molecular complexity index is 383. The number of carbonyl (C=O) groups excluding carboxylic acids is 1. The number of hydrogen-bond donors (Lipinski definition) is 2. The van der Waals surface area contributed by atoms with Crippen LogP contribution in [-0.2, 0) is 0 Å². The van der Waals surface area contributed by atoms with Gasteiger partial charge in [-0.3, -0.25) is 4.79 Å². The Kier molecular flexibility index (Phi) is 4.64. The molecule has 1 atom stereocenters. The number of aromatic nitrogens is 1. The number of pyridine rings is 1. The van der Waals surface area contributed by atoms with E-state index in [1.807, 2.05) is 6.92 Å². The maximum Gasteiger partial charge on any atom is 0.254 e. The molecule has 0 saturated carbocycles. The van der Waals surface area contributed by atoms with Gasteiger partial charge >= 0.3 is 0 Å². The van der Waals surface area contributed by atoms with Crippen LogP contribution < -0.4 is 5.32 Å². The summed E-state index contributed by atoms with van der Waals surface area (Å²) in [5.41, 5.74) is -0.0337. The Morgan fingerprint density at radius 2 is 2.44 bits per heavy atom. The summed E-state index contributed by atoms with van der Waals surface area (Å²) >= 11 is 5.66. The molecular weight excluding hydrogens is 235 g/mol. The maximum absolute atomic E-state index is 12.9. The van der Waals surface area contributed by atoms with Crippen LogP contribution in [0.3, 0.4) is 0 Å². The number of aliphatic hydroxyl groups is 1. The summed E-state index contributed by atoms with van der Waals surface area (Å²) in [4.78, 5) is 15.2. The molecule has 0 aliphatic carbocycles. The Morgan fingerprint density at radius 1 is 1.75 bits per heavy atom. The van der Waals surface area contributed by atoms with Crippen molar-refractivity contribution in [2.24, 2.45) is 0 Å². The van der Waals surface area contributed by atoms with E-state index in [-0.39, 0.29) is 23.4 Å². The number of nitrogens with one attached hydrogen (secondary N) is 1. The van der Waals surface area contributed by atoms with Gasteiger partial charge in [-0.25, -0.2) is 9.37 Å². The van der Waals surface area contributed by atoms with E-state index >= 15 is 0 Å². The van der Waals surface area contributed by atoms with E-state index in [1.165, 1.54) is 0 Å². The minimum absolute atomic E-state index is 0.0337. The van der Waals surface area contributed by atoms with Crippen molar-refractivity contribution < 1.29 is 14.3 Å². The molecule has 0 aromatic carbocycles. The van der Waals surface area contributed by atoms with Gasteiger partial charge in [0.15, 0.2) is 0 Å². The lowest BCUT2D eigenvalue weighted by atomic mass is 10.2. The SMILES string of the molecule is CC[C@@H](CO)NC(=O)c1cc(F)cnc1Cl. The smallest absolute Gasteiger partial charge is 0.254 e. The molecule has 16 heavy (non-hydrogen) atoms. The van der Waals surface area contributed by atoms with Crippen molar-refractivity contribution in [2.75, 3.05) is 6.61 Å². The summed E-state index contributed by atoms with van der Waals surface area (Å²) in [6.07, 6.45) is 1.51. The van der Waals surface area contributed by atoms with Crippen LogP contribution in [0.25, 0.3) is 0 Å². The molecule has 0 saturated heterocycles. The zero-order valence-corrected chi connectivity index (χ0v) is 9.46. The number of aliphatic hydroxyl groups excluding tert-OH is 1. The predicted molar refractivity (Wildman–Crippen MR) is 57.8 cm³/mol. The number of rotatable bonds is 4. The second-order valence-electron chi connectivity index (χ2n) is 3.25. The lowest BCUT2D eigenvalue weighted by Crippen LogP contribution is -2.37. The molecule has 88 valence electrons. The van der Waals surface area contributed by atoms with Gasteiger partial charge in [0.05, 0.1) is 24.4 Å². The highest BCUT2D eigenvalue weighted by Crippen LogP contribution is 2.13. The second-order valence-corrected chi connectivity index (χ2v) is 3.61. The molecule has 4 nitrogen and oxygen atoms in total. The third-order valence-corrected chi connectivity index (χ3v) is 2.40. The largest absolute Gasteiger partial charge is 0.394 e. The van der Waals surface area contributed by atoms with E-state index in [4.69, 9.17) is 16.7 Å². The third-order valence-electron chi connectivity index (χ3n) is 2.10. The van der Waals surface area contributed by atoms with Crippen molar-refractivity contribution in [3.05, 3.63) is 28.8 Å². The third kappa shape index (κ3) is 3.15. The van der Waals surface area contributed by atoms with E-state index < -0.39 is 11.7 Å². The van der Waals surface area contributed by atoms with Crippen LogP contribution >= 0.6 is 11.6 Å². The number of hydrogen-bond acceptors (Lipinski definition) is 3. The van der Waals surface area contributed by atoms with Gasteiger partial charge in [-0.2, -0.15) is 0 Å². The minimum Gasteiger partial charge on any atom is -0.394 e. The van der Waals surface area contributed by atoms with Crippen LogP contribution in [0.2, 0.25) is 5.15 Å². The normalized spacial score (nSPS) is 12.2. The van der Waals surface area contributed by atoms with Crippen molar-refractivity contribution in [1.82, 2.24) is 10.3 Å².